The zero-order valence-corrected chi connectivity index (χ0v) is 13.3. The van der Waals surface area contributed by atoms with Crippen LogP contribution in [0.5, 0.6) is 0 Å². The van der Waals surface area contributed by atoms with Gasteiger partial charge in [0.25, 0.3) is 0 Å². The van der Waals surface area contributed by atoms with Gasteiger partial charge in [-0.2, -0.15) is 0 Å². The van der Waals surface area contributed by atoms with Crippen LogP contribution in [-0.4, -0.2) is 37.5 Å². The van der Waals surface area contributed by atoms with Gasteiger partial charge in [0.15, 0.2) is 0 Å². The van der Waals surface area contributed by atoms with Crippen molar-refractivity contribution in [3.63, 3.8) is 0 Å². The molecule has 0 aromatic rings. The Morgan fingerprint density at radius 1 is 0.895 bits per heavy atom. The fraction of sp³-hybridized carbons (Fsp3) is 1.00. The monoisotopic (exact) mass is 273 g/mol. The van der Waals surface area contributed by atoms with Crippen molar-refractivity contribution in [2.45, 2.75) is 83.7 Å². The first-order valence-electron chi connectivity index (χ1n) is 8.14. The highest BCUT2D eigenvalue weighted by Crippen LogP contribution is 2.12. The molecule has 0 spiro atoms. The van der Waals surface area contributed by atoms with Gasteiger partial charge in [0, 0.05) is 25.8 Å². The van der Waals surface area contributed by atoms with Crippen molar-refractivity contribution in [2.24, 2.45) is 0 Å². The van der Waals surface area contributed by atoms with E-state index in [-0.39, 0.29) is 6.61 Å². The van der Waals surface area contributed by atoms with Gasteiger partial charge < -0.3 is 15.2 Å². The number of hydrogen-bond acceptors (Lipinski definition) is 3. The third-order valence-electron chi connectivity index (χ3n) is 3.63. The molecule has 1 atom stereocenters. The van der Waals surface area contributed by atoms with Crippen LogP contribution in [0.25, 0.3) is 0 Å². The van der Waals surface area contributed by atoms with E-state index in [1.165, 1.54) is 51.4 Å². The highest BCUT2D eigenvalue weighted by Gasteiger charge is 2.14. The molecule has 0 aliphatic carbocycles. The molecule has 0 aliphatic heterocycles. The quantitative estimate of drug-likeness (QED) is 0.476. The van der Waals surface area contributed by atoms with Gasteiger partial charge in [-0.3, -0.25) is 0 Å². The van der Waals surface area contributed by atoms with Crippen molar-refractivity contribution in [1.82, 2.24) is 5.32 Å². The van der Waals surface area contributed by atoms with E-state index in [9.17, 15) is 0 Å². The molecular formula is C16H35NO2. The standard InChI is InChI=1S/C16H35NO2/c1-4-6-8-10-15(11-9-7-5-2)17-16(12-13-18)14-19-3/h15-18H,4-14H2,1-3H3. The van der Waals surface area contributed by atoms with Crippen LogP contribution in [0.2, 0.25) is 0 Å². The fourth-order valence-electron chi connectivity index (χ4n) is 2.50. The molecule has 0 rings (SSSR count). The van der Waals surface area contributed by atoms with E-state index in [1.54, 1.807) is 7.11 Å². The summed E-state index contributed by atoms with van der Waals surface area (Å²) in [6, 6.07) is 0.882. The molecule has 0 aliphatic rings. The molecule has 19 heavy (non-hydrogen) atoms. The molecule has 0 radical (unpaired) electrons. The number of hydrogen-bond donors (Lipinski definition) is 2. The molecule has 0 amide bonds. The van der Waals surface area contributed by atoms with Crippen LogP contribution in [0.3, 0.4) is 0 Å². The van der Waals surface area contributed by atoms with Gasteiger partial charge in [-0.1, -0.05) is 52.4 Å². The lowest BCUT2D eigenvalue weighted by Gasteiger charge is -2.25. The second kappa shape index (κ2) is 14.3. The molecule has 116 valence electrons. The lowest BCUT2D eigenvalue weighted by atomic mass is 10.0. The van der Waals surface area contributed by atoms with E-state index in [4.69, 9.17) is 9.84 Å². The number of aliphatic hydroxyl groups is 1. The Hall–Kier alpha value is -0.120. The third kappa shape index (κ3) is 11.4. The minimum absolute atomic E-state index is 0.234. The van der Waals surface area contributed by atoms with Gasteiger partial charge in [0.1, 0.15) is 0 Å². The largest absolute Gasteiger partial charge is 0.396 e. The van der Waals surface area contributed by atoms with Crippen molar-refractivity contribution < 1.29 is 9.84 Å². The van der Waals surface area contributed by atoms with Gasteiger partial charge in [-0.15, -0.1) is 0 Å². The first-order valence-corrected chi connectivity index (χ1v) is 8.14. The summed E-state index contributed by atoms with van der Waals surface area (Å²) in [5, 5.41) is 12.8. The number of methoxy groups -OCH3 is 1. The maximum Gasteiger partial charge on any atom is 0.0616 e. The van der Waals surface area contributed by atoms with E-state index < -0.39 is 0 Å². The fourth-order valence-corrected chi connectivity index (χ4v) is 2.50. The summed E-state index contributed by atoms with van der Waals surface area (Å²) in [7, 11) is 1.73. The van der Waals surface area contributed by atoms with Gasteiger partial charge in [0.05, 0.1) is 6.61 Å². The molecule has 1 unspecified atom stereocenters. The van der Waals surface area contributed by atoms with Crippen LogP contribution in [0.4, 0.5) is 0 Å². The van der Waals surface area contributed by atoms with Crippen molar-refractivity contribution in [1.29, 1.82) is 0 Å². The minimum Gasteiger partial charge on any atom is -0.396 e. The first kappa shape index (κ1) is 18.9. The first-order chi connectivity index (χ1) is 9.28. The molecule has 0 aromatic heterocycles. The topological polar surface area (TPSA) is 41.5 Å². The Kier molecular flexibility index (Phi) is 14.2. The van der Waals surface area contributed by atoms with E-state index in [0.717, 1.165) is 6.42 Å². The third-order valence-corrected chi connectivity index (χ3v) is 3.63. The van der Waals surface area contributed by atoms with Gasteiger partial charge >= 0.3 is 0 Å². The average molecular weight is 273 g/mol. The molecule has 0 bridgehead atoms. The van der Waals surface area contributed by atoms with Crippen molar-refractivity contribution in [2.75, 3.05) is 20.3 Å². The summed E-state index contributed by atoms with van der Waals surface area (Å²) in [6.45, 7) is 5.42. The van der Waals surface area contributed by atoms with Crippen LogP contribution in [0.15, 0.2) is 0 Å². The average Bonchev–Trinajstić information content (AvgIpc) is 2.39. The van der Waals surface area contributed by atoms with Crippen LogP contribution in [-0.2, 0) is 4.74 Å². The van der Waals surface area contributed by atoms with Crippen LogP contribution >= 0.6 is 0 Å². The molecule has 0 saturated heterocycles. The maximum atomic E-state index is 9.11. The second-order valence-electron chi connectivity index (χ2n) is 5.52. The maximum absolute atomic E-state index is 9.11. The zero-order valence-electron chi connectivity index (χ0n) is 13.3. The molecule has 2 N–H and O–H groups in total. The predicted molar refractivity (Wildman–Crippen MR) is 82.6 cm³/mol. The molecule has 0 fully saturated rings. The number of rotatable bonds is 14. The number of nitrogens with one attached hydrogen (secondary N) is 1. The molecule has 0 aromatic carbocycles. The Bertz CT molecular complexity index is 160. The second-order valence-corrected chi connectivity index (χ2v) is 5.52. The number of aliphatic hydroxyl groups excluding tert-OH is 1. The van der Waals surface area contributed by atoms with Gasteiger partial charge in [-0.25, -0.2) is 0 Å². The number of ether oxygens (including phenoxy) is 1. The highest BCUT2D eigenvalue weighted by molar-refractivity contribution is 4.74. The highest BCUT2D eigenvalue weighted by atomic mass is 16.5. The molecular weight excluding hydrogens is 238 g/mol. The smallest absolute Gasteiger partial charge is 0.0616 e. The van der Waals surface area contributed by atoms with Gasteiger partial charge in [0.2, 0.25) is 0 Å². The summed E-state index contributed by atoms with van der Waals surface area (Å²) in [6.07, 6.45) is 11.1. The van der Waals surface area contributed by atoms with Crippen molar-refractivity contribution in [3.05, 3.63) is 0 Å². The Morgan fingerprint density at radius 3 is 1.89 bits per heavy atom. The summed E-state index contributed by atoms with van der Waals surface area (Å²) < 4.78 is 5.24. The van der Waals surface area contributed by atoms with E-state index >= 15 is 0 Å². The van der Waals surface area contributed by atoms with Crippen molar-refractivity contribution >= 4 is 0 Å². The van der Waals surface area contributed by atoms with Crippen molar-refractivity contribution in [3.8, 4) is 0 Å². The Balaban J connectivity index is 4.09. The zero-order chi connectivity index (χ0) is 14.3. The SMILES string of the molecule is CCCCCC(CCCCC)NC(CCO)COC. The number of unbranched alkanes of at least 4 members (excludes halogenated alkanes) is 4. The van der Waals surface area contributed by atoms with E-state index in [2.05, 4.69) is 19.2 Å². The predicted octanol–water partition coefficient (Wildman–Crippen LogP) is 3.50. The summed E-state index contributed by atoms with van der Waals surface area (Å²) in [4.78, 5) is 0. The Morgan fingerprint density at radius 2 is 1.47 bits per heavy atom. The van der Waals surface area contributed by atoms with E-state index in [1.807, 2.05) is 0 Å². The minimum atomic E-state index is 0.234. The summed E-state index contributed by atoms with van der Waals surface area (Å²) in [5.74, 6) is 0. The molecule has 3 heteroatoms. The lowest BCUT2D eigenvalue weighted by molar-refractivity contribution is 0.140. The summed E-state index contributed by atoms with van der Waals surface area (Å²) in [5.41, 5.74) is 0. The van der Waals surface area contributed by atoms with Gasteiger partial charge in [-0.05, 0) is 19.3 Å². The van der Waals surface area contributed by atoms with Crippen LogP contribution < -0.4 is 5.32 Å². The van der Waals surface area contributed by atoms with Crippen LogP contribution in [0, 0.1) is 0 Å². The molecule has 0 heterocycles. The molecule has 3 nitrogen and oxygen atoms in total. The normalized spacial score (nSPS) is 13.1. The van der Waals surface area contributed by atoms with E-state index in [0.29, 0.717) is 18.7 Å². The van der Waals surface area contributed by atoms with Crippen LogP contribution in [0.1, 0.15) is 71.6 Å². The Labute approximate surface area is 120 Å². The summed E-state index contributed by atoms with van der Waals surface area (Å²) >= 11 is 0. The molecule has 0 saturated carbocycles. The lowest BCUT2D eigenvalue weighted by Crippen LogP contribution is -2.41.